The van der Waals surface area contributed by atoms with Gasteiger partial charge < -0.3 is 64.3 Å². The molecule has 5 rings (SSSR count). The molecule has 0 aromatic carbocycles. The molecule has 3 amide bonds. The van der Waals surface area contributed by atoms with Crippen LogP contribution in [0.1, 0.15) is 124 Å². The summed E-state index contributed by atoms with van der Waals surface area (Å²) in [6.45, 7) is 21.4. The first-order chi connectivity index (χ1) is 34.5. The molecule has 2 aliphatic heterocycles. The van der Waals surface area contributed by atoms with Gasteiger partial charge in [0, 0.05) is 110 Å². The van der Waals surface area contributed by atoms with Gasteiger partial charge in [0.2, 0.25) is 11.8 Å². The summed E-state index contributed by atoms with van der Waals surface area (Å²) in [4.78, 5) is 106. The van der Waals surface area contributed by atoms with Gasteiger partial charge in [-0.3, -0.25) is 48.9 Å². The number of Topliss-reactive ketones (excluding diaryl/α,β-unsaturated/α-hetero) is 1. The third kappa shape index (κ3) is 16.4. The smallest absolute Gasteiger partial charge is 0.480 e. The second kappa shape index (κ2) is 29.4. The number of aromatic nitrogens is 4. The monoisotopic (exact) mass is 1160 g/mol. The van der Waals surface area contributed by atoms with Gasteiger partial charge >= 0.3 is 51.9 Å². The number of aliphatic carboxylic acids is 1. The number of carboxylic acid groups (broad SMARTS) is 1. The minimum atomic E-state index is -1.09. The molecule has 0 aliphatic carbocycles. The van der Waals surface area contributed by atoms with Crippen LogP contribution in [-0.2, 0) is 41.6 Å². The quantitative estimate of drug-likeness (QED) is 0.0138. The Bertz CT molecular complexity index is 2600. The van der Waals surface area contributed by atoms with Crippen molar-refractivity contribution in [3.05, 3.63) is 89.2 Å². The van der Waals surface area contributed by atoms with Crippen LogP contribution in [0.2, 0.25) is 0 Å². The number of amides is 3. The number of esters is 1. The molecular weight excluding hydrogens is 1080 g/mol. The van der Waals surface area contributed by atoms with Crippen molar-refractivity contribution in [2.24, 2.45) is 0 Å². The minimum absolute atomic E-state index is 0. The molecule has 3 atom stereocenters. The Morgan fingerprint density at radius 1 is 0.863 bits per heavy atom. The Kier molecular flexibility index (Phi) is 24.5. The van der Waals surface area contributed by atoms with Gasteiger partial charge in [0.1, 0.15) is 0 Å². The van der Waals surface area contributed by atoms with Crippen molar-refractivity contribution in [1.29, 1.82) is 0 Å². The predicted molar refractivity (Wildman–Crippen MR) is 273 cm³/mol. The molecule has 21 heteroatoms. The van der Waals surface area contributed by atoms with Gasteiger partial charge in [0.15, 0.2) is 5.78 Å². The summed E-state index contributed by atoms with van der Waals surface area (Å²) >= 11 is 0. The van der Waals surface area contributed by atoms with E-state index >= 15 is 0 Å². The molecule has 73 heavy (non-hydrogen) atoms. The molecule has 8 bridgehead atoms. The molecule has 2 aliphatic rings. The second-order valence-corrected chi connectivity index (χ2v) is 18.4. The van der Waals surface area contributed by atoms with Gasteiger partial charge in [-0.25, -0.2) is 0 Å². The van der Waals surface area contributed by atoms with Crippen LogP contribution in [0.4, 0.5) is 0 Å². The van der Waals surface area contributed by atoms with Crippen molar-refractivity contribution in [3.63, 3.8) is 0 Å². The Hall–Kier alpha value is -4.74. The maximum Gasteiger partial charge on any atom is 3.00 e. The van der Waals surface area contributed by atoms with E-state index in [0.717, 1.165) is 23.4 Å². The molecule has 3 aromatic rings. The molecule has 1 radical (unpaired) electrons. The van der Waals surface area contributed by atoms with E-state index in [2.05, 4.69) is 51.6 Å². The summed E-state index contributed by atoms with van der Waals surface area (Å²) in [5, 5.41) is 27.1. The average molecular weight is 1160 g/mol. The van der Waals surface area contributed by atoms with E-state index in [1.807, 2.05) is 48.8 Å². The first-order valence-electron chi connectivity index (χ1n) is 24.6. The Morgan fingerprint density at radius 3 is 2.14 bits per heavy atom. The number of rotatable bonds is 27. The van der Waals surface area contributed by atoms with Crippen molar-refractivity contribution in [1.82, 2.24) is 50.6 Å². The number of hydrogen-bond donors (Lipinski definition) is 7. The molecule has 7 N–H and O–H groups in total. The number of nitrogens with one attached hydrogen (secondary N) is 5. The van der Waals surface area contributed by atoms with Crippen LogP contribution >= 0.6 is 0 Å². The molecule has 5 heterocycles. The van der Waals surface area contributed by atoms with Gasteiger partial charge in [0.25, 0.3) is 5.91 Å². The summed E-state index contributed by atoms with van der Waals surface area (Å²) in [7, 11) is 2.87. The summed E-state index contributed by atoms with van der Waals surface area (Å²) in [5.74, 6) is -3.32. The van der Waals surface area contributed by atoms with E-state index in [1.54, 1.807) is 14.0 Å². The number of aryl methyl sites for hydroxylation is 2. The molecule has 1 unspecified atom stereocenters. The fraction of sp³-hybridized carbons (Fsp3) is 0.519. The normalized spacial score (nSPS) is 15.3. The molecule has 0 spiro atoms. The van der Waals surface area contributed by atoms with E-state index in [9.17, 15) is 33.9 Å². The largest absolute Gasteiger partial charge is 3.00 e. The Labute approximate surface area is 460 Å². The van der Waals surface area contributed by atoms with E-state index in [0.29, 0.717) is 102 Å². The minimum Gasteiger partial charge on any atom is -0.480 e. The number of nitrogens with zero attached hydrogens (tertiary/aromatic N) is 5. The molecule has 20 nitrogen and oxygen atoms in total. The first-order valence-corrected chi connectivity index (χ1v) is 24.6. The van der Waals surface area contributed by atoms with Gasteiger partial charge in [-0.2, -0.15) is 6.61 Å². The molecule has 0 fully saturated rings. The number of carbonyl (C=O) groups excluding carboxylic acids is 5. The van der Waals surface area contributed by atoms with Crippen molar-refractivity contribution in [2.75, 3.05) is 86.1 Å². The van der Waals surface area contributed by atoms with E-state index in [4.69, 9.17) is 20.0 Å². The average Bonchev–Trinajstić information content (AvgIpc) is 4.07. The number of ketones is 1. The van der Waals surface area contributed by atoms with Crippen molar-refractivity contribution in [3.8, 4) is 0 Å². The number of carboxylic acids is 1. The van der Waals surface area contributed by atoms with Gasteiger partial charge in [-0.1, -0.05) is 13.8 Å². The SMILES string of the molecule is [CH2-]CN(C[CH2-])CCN(C[CH-]OO)CCN(CC(=O)O)CC(=O)NCCCNC(=O)c1c(C)c2cc3nc(cc4[nH]c(cc5nc(c(CC(=O)OC)c1[nH]2)[C@@H](CCC(=O)NC)C5C)c(C)c4C(C)=O)C[C@H]3CC.[Gd+3]. The Morgan fingerprint density at radius 2 is 1.51 bits per heavy atom. The number of H-pyrrole nitrogens is 2. The maximum absolute atomic E-state index is 14.6. The molecular formula is C52H73GdN10O10. The molecule has 0 saturated heterocycles. The van der Waals surface area contributed by atoms with Crippen LogP contribution in [0, 0.1) is 74.2 Å². The first kappa shape index (κ1) is 60.8. The zero-order valence-corrected chi connectivity index (χ0v) is 45.5. The van der Waals surface area contributed by atoms with Crippen LogP contribution in [-0.4, -0.2) is 167 Å². The van der Waals surface area contributed by atoms with Crippen molar-refractivity contribution < 1.29 is 88.7 Å². The third-order valence-electron chi connectivity index (χ3n) is 13.7. The van der Waals surface area contributed by atoms with Gasteiger partial charge in [-0.05, 0) is 75.8 Å². The number of methoxy groups -OCH3 is 1. The number of aromatic amines is 2. The van der Waals surface area contributed by atoms with E-state index in [-0.39, 0.29) is 127 Å². The fourth-order valence-electron chi connectivity index (χ4n) is 9.48. The molecule has 0 saturated carbocycles. The predicted octanol–water partition coefficient (Wildman–Crippen LogP) is 4.55. The summed E-state index contributed by atoms with van der Waals surface area (Å²) in [6.07, 6.45) is 2.04. The standard InChI is InChI=1S/C52H73N10O10.Gd/c1-10-35-24-36-25-43-48(34(7)63)32(5)40(57-43)27-39-31(4)37(14-15-44(64)53-8)50(58-39)38(26-47(68)71-9)51-49(33(6)41(59-51)28-42(35)56-36)52(69)55-17-13-16-54-45(65)29-62(30-46(66)67)21-20-61(22-23-72-70)19-18-60(11-2)12-3;/h23,25,27-28,31,35,37,57,59,70H,2-3,10-22,24,26,29-30H2,1,4-9H3,(H,53,64)(H,54,65)(H,55,69)(H,66,67);/q-3;+3/t31?,35-,37+;/m1./s1. The Balaban J connectivity index is 0.0000116. The molecule has 3 aromatic heterocycles. The number of ether oxygens (including phenoxy) is 1. The summed E-state index contributed by atoms with van der Waals surface area (Å²) < 4.78 is 5.25. The van der Waals surface area contributed by atoms with Crippen molar-refractivity contribution in [2.45, 2.75) is 90.9 Å². The number of carbonyl (C=O) groups is 6. The topological polar surface area (TPSA) is 265 Å². The fourth-order valence-corrected chi connectivity index (χ4v) is 9.48. The summed E-state index contributed by atoms with van der Waals surface area (Å²) in [5.41, 5.74) is 7.75. The number of fused-ring (bicyclic) bond motifs is 8. The van der Waals surface area contributed by atoms with E-state index in [1.165, 1.54) is 18.6 Å². The van der Waals surface area contributed by atoms with E-state index < -0.39 is 23.8 Å². The number of hydrogen-bond acceptors (Lipinski definition) is 14. The zero-order valence-electron chi connectivity index (χ0n) is 43.2. The van der Waals surface area contributed by atoms with Crippen LogP contribution in [0.3, 0.4) is 0 Å². The second-order valence-electron chi connectivity index (χ2n) is 18.4. The van der Waals surface area contributed by atoms with Gasteiger partial charge in [0.05, 0.1) is 48.9 Å². The maximum atomic E-state index is 14.6. The molecule has 399 valence electrons. The van der Waals surface area contributed by atoms with Crippen LogP contribution in [0.5, 0.6) is 0 Å². The van der Waals surface area contributed by atoms with Gasteiger partial charge in [-0.15, -0.1) is 19.6 Å². The van der Waals surface area contributed by atoms with Crippen LogP contribution < -0.4 is 16.0 Å². The van der Waals surface area contributed by atoms with Crippen molar-refractivity contribution >= 4 is 57.5 Å². The zero-order chi connectivity index (χ0) is 52.6. The van der Waals surface area contributed by atoms with Crippen LogP contribution in [0.25, 0.3) is 22.1 Å². The third-order valence-corrected chi connectivity index (χ3v) is 13.7. The summed E-state index contributed by atoms with van der Waals surface area (Å²) in [6, 6.07) is 5.78. The van der Waals surface area contributed by atoms with Crippen LogP contribution in [0.15, 0.2) is 18.2 Å².